The summed E-state index contributed by atoms with van der Waals surface area (Å²) in [6, 6.07) is 19.4. The van der Waals surface area contributed by atoms with Crippen LogP contribution < -0.4 is 21.3 Å². The molecule has 4 aromatic carbocycles. The fourth-order valence-corrected chi connectivity index (χ4v) is 5.50. The predicted octanol–water partition coefficient (Wildman–Crippen LogP) is 8.80. The monoisotopic (exact) mass is 728 g/mol. The molecule has 9 nitrogen and oxygen atoms in total. The van der Waals surface area contributed by atoms with Gasteiger partial charge in [0, 0.05) is 22.3 Å². The Balaban J connectivity index is 1.37. The Morgan fingerprint density at radius 2 is 0.849 bits per heavy atom. The van der Waals surface area contributed by atoms with Gasteiger partial charge in [-0.25, -0.2) is 55.7 Å². The minimum absolute atomic E-state index is 0.154. The lowest BCUT2D eigenvalue weighted by atomic mass is 10.0. The zero-order valence-corrected chi connectivity index (χ0v) is 27.2. The number of hydrogen-bond acceptors (Lipinski definition) is 5. The van der Waals surface area contributed by atoms with E-state index in [-0.39, 0.29) is 36.2 Å². The molecule has 4 amide bonds. The van der Waals surface area contributed by atoms with Crippen LogP contribution in [0.4, 0.5) is 58.9 Å². The lowest BCUT2D eigenvalue weighted by Crippen LogP contribution is -2.33. The van der Waals surface area contributed by atoms with Crippen molar-refractivity contribution in [2.24, 2.45) is 11.5 Å². The van der Waals surface area contributed by atoms with Crippen LogP contribution in [0.25, 0.3) is 22.5 Å². The van der Waals surface area contributed by atoms with Gasteiger partial charge in [0.15, 0.2) is 0 Å². The second kappa shape index (κ2) is 15.2. The topological polar surface area (TPSA) is 128 Å². The van der Waals surface area contributed by atoms with Crippen LogP contribution in [0.1, 0.15) is 11.1 Å². The van der Waals surface area contributed by atoms with Crippen molar-refractivity contribution in [1.29, 1.82) is 0 Å². The minimum atomic E-state index is -1.23. The fourth-order valence-electron chi connectivity index (χ4n) is 5.50. The number of ether oxygens (including phenoxy) is 1. The largest absolute Gasteiger partial charge is 0.372 e. The number of pyridine rings is 2. The molecular formula is C38H26F6N6O3. The molecule has 2 aromatic heterocycles. The van der Waals surface area contributed by atoms with Gasteiger partial charge in [0.25, 0.3) is 0 Å². The van der Waals surface area contributed by atoms with Gasteiger partial charge in [-0.1, -0.05) is 24.3 Å². The van der Waals surface area contributed by atoms with Gasteiger partial charge < -0.3 is 16.2 Å². The van der Waals surface area contributed by atoms with E-state index in [9.17, 15) is 35.9 Å². The maximum absolute atomic E-state index is 14.8. The molecule has 15 heteroatoms. The molecule has 0 aliphatic carbocycles. The summed E-state index contributed by atoms with van der Waals surface area (Å²) < 4.78 is 92.9. The molecule has 2 heterocycles. The third-order valence-electron chi connectivity index (χ3n) is 7.90. The van der Waals surface area contributed by atoms with Gasteiger partial charge in [0.1, 0.15) is 57.9 Å². The van der Waals surface area contributed by atoms with Crippen molar-refractivity contribution in [1.82, 2.24) is 9.97 Å². The lowest BCUT2D eigenvalue weighted by molar-refractivity contribution is 0.107. The first-order chi connectivity index (χ1) is 25.4. The average molecular weight is 729 g/mol. The van der Waals surface area contributed by atoms with Gasteiger partial charge in [-0.2, -0.15) is 0 Å². The molecule has 4 N–H and O–H groups in total. The van der Waals surface area contributed by atoms with Crippen LogP contribution in [0, 0.1) is 34.9 Å². The Bertz CT molecular complexity index is 2120. The van der Waals surface area contributed by atoms with Crippen molar-refractivity contribution >= 4 is 35.1 Å². The Labute approximate surface area is 297 Å². The van der Waals surface area contributed by atoms with E-state index in [1.165, 1.54) is 72.8 Å². The summed E-state index contributed by atoms with van der Waals surface area (Å²) in [6.45, 7) is -0.355. The van der Waals surface area contributed by atoms with Crippen molar-refractivity contribution in [3.63, 3.8) is 0 Å². The summed E-state index contributed by atoms with van der Waals surface area (Å²) in [4.78, 5) is 35.1. The fraction of sp³-hybridized carbons (Fsp3) is 0.0526. The molecule has 0 spiro atoms. The van der Waals surface area contributed by atoms with E-state index < -0.39 is 58.3 Å². The summed E-state index contributed by atoms with van der Waals surface area (Å²) in [5.74, 6) is -5.88. The van der Waals surface area contributed by atoms with Crippen molar-refractivity contribution in [2.75, 3.05) is 9.80 Å². The SMILES string of the molecule is NC(=O)N(c1ccc(COCc2ccc(N(C(N)=O)c3c(F)cccc3F)nc2-c2ccc(F)cc2)c(-c2ccc(F)cc2)n1)c1c(F)cccc1F. The predicted molar refractivity (Wildman–Crippen MR) is 184 cm³/mol. The van der Waals surface area contributed by atoms with Gasteiger partial charge in [-0.3, -0.25) is 0 Å². The summed E-state index contributed by atoms with van der Waals surface area (Å²) in [5, 5.41) is 0. The van der Waals surface area contributed by atoms with Gasteiger partial charge >= 0.3 is 12.1 Å². The van der Waals surface area contributed by atoms with E-state index in [4.69, 9.17) is 16.2 Å². The number of amides is 4. The number of nitrogens with zero attached hydrogens (tertiary/aromatic N) is 4. The molecule has 0 saturated heterocycles. The van der Waals surface area contributed by atoms with E-state index in [1.54, 1.807) is 0 Å². The Kier molecular flexibility index (Phi) is 10.4. The molecule has 0 aliphatic heterocycles. The molecule has 0 aliphatic rings. The van der Waals surface area contributed by atoms with Crippen molar-refractivity contribution < 1.29 is 40.7 Å². The highest BCUT2D eigenvalue weighted by Gasteiger charge is 2.27. The standard InChI is InChI=1S/C38H26F6N6O3/c39-25-13-7-21(8-14-25)33-23(11-17-31(47-33)49(37(45)51)35-27(41)3-1-4-28(35)42)19-53-20-24-12-18-32(48-34(24)22-9-15-26(40)16-10-22)50(38(46)52)36-29(43)5-2-6-30(36)44/h1-18H,19-20H2,(H2,45,51)(H2,46,52). The number of anilines is 4. The highest BCUT2D eigenvalue weighted by molar-refractivity contribution is 5.99. The highest BCUT2D eigenvalue weighted by atomic mass is 19.2. The second-order valence-electron chi connectivity index (χ2n) is 11.3. The van der Waals surface area contributed by atoms with Crippen LogP contribution >= 0.6 is 0 Å². The molecule has 6 rings (SSSR count). The van der Waals surface area contributed by atoms with E-state index in [2.05, 4.69) is 9.97 Å². The second-order valence-corrected chi connectivity index (χ2v) is 11.3. The number of nitrogens with two attached hydrogens (primary N) is 2. The number of rotatable bonds is 10. The maximum Gasteiger partial charge on any atom is 0.325 e. The molecule has 0 fully saturated rings. The van der Waals surface area contributed by atoms with Gasteiger partial charge in [0.05, 0.1) is 24.6 Å². The van der Waals surface area contributed by atoms with Crippen LogP contribution in [-0.4, -0.2) is 22.0 Å². The Morgan fingerprint density at radius 1 is 0.509 bits per heavy atom. The van der Waals surface area contributed by atoms with E-state index >= 15 is 0 Å². The molecule has 0 radical (unpaired) electrons. The first-order valence-corrected chi connectivity index (χ1v) is 15.6. The number of carbonyl (C=O) groups is 2. The van der Waals surface area contributed by atoms with E-state index in [0.29, 0.717) is 32.1 Å². The van der Waals surface area contributed by atoms with Crippen molar-refractivity contribution in [3.8, 4) is 22.5 Å². The summed E-state index contributed by atoms with van der Waals surface area (Å²) in [6.07, 6.45) is 0. The Hall–Kier alpha value is -6.74. The van der Waals surface area contributed by atoms with Crippen LogP contribution in [0.15, 0.2) is 109 Å². The first-order valence-electron chi connectivity index (χ1n) is 15.6. The number of para-hydroxylation sites is 2. The zero-order valence-electron chi connectivity index (χ0n) is 27.2. The summed E-state index contributed by atoms with van der Waals surface area (Å²) in [7, 11) is 0. The number of aromatic nitrogens is 2. The summed E-state index contributed by atoms with van der Waals surface area (Å²) >= 11 is 0. The molecule has 6 aromatic rings. The Morgan fingerprint density at radius 3 is 1.17 bits per heavy atom. The maximum atomic E-state index is 14.8. The third-order valence-corrected chi connectivity index (χ3v) is 7.90. The number of primary amides is 2. The quantitative estimate of drug-likeness (QED) is 0.136. The van der Waals surface area contributed by atoms with Crippen molar-refractivity contribution in [2.45, 2.75) is 13.2 Å². The van der Waals surface area contributed by atoms with Crippen LogP contribution in [0.3, 0.4) is 0 Å². The smallest absolute Gasteiger partial charge is 0.325 e. The lowest BCUT2D eigenvalue weighted by Gasteiger charge is -2.23. The van der Waals surface area contributed by atoms with E-state index in [0.717, 1.165) is 36.4 Å². The van der Waals surface area contributed by atoms with Crippen LogP contribution in [0.2, 0.25) is 0 Å². The molecule has 0 atom stereocenters. The molecule has 53 heavy (non-hydrogen) atoms. The van der Waals surface area contributed by atoms with Crippen LogP contribution in [0.5, 0.6) is 0 Å². The van der Waals surface area contributed by atoms with Crippen molar-refractivity contribution in [3.05, 3.63) is 155 Å². The summed E-state index contributed by atoms with van der Waals surface area (Å²) in [5.41, 5.74) is 11.4. The molecule has 268 valence electrons. The normalized spacial score (nSPS) is 11.0. The highest BCUT2D eigenvalue weighted by Crippen LogP contribution is 2.35. The number of benzene rings is 4. The number of carbonyl (C=O) groups excluding carboxylic acids is 2. The molecule has 0 saturated carbocycles. The minimum Gasteiger partial charge on any atom is -0.372 e. The third kappa shape index (κ3) is 7.64. The first kappa shape index (κ1) is 36.1. The number of hydrogen-bond donors (Lipinski definition) is 2. The van der Waals surface area contributed by atoms with Crippen LogP contribution in [-0.2, 0) is 18.0 Å². The average Bonchev–Trinajstić information content (AvgIpc) is 3.12. The number of urea groups is 2. The van der Waals surface area contributed by atoms with Gasteiger partial charge in [0.2, 0.25) is 0 Å². The number of halogens is 6. The molecule has 0 unspecified atom stereocenters. The van der Waals surface area contributed by atoms with E-state index in [1.807, 2.05) is 0 Å². The van der Waals surface area contributed by atoms with Gasteiger partial charge in [-0.05, 0) is 84.9 Å². The zero-order chi connectivity index (χ0) is 37.8. The molecular weight excluding hydrogens is 702 g/mol. The van der Waals surface area contributed by atoms with Gasteiger partial charge in [-0.15, -0.1) is 0 Å². The molecule has 0 bridgehead atoms.